The van der Waals surface area contributed by atoms with Gasteiger partial charge in [-0.2, -0.15) is 0 Å². The van der Waals surface area contributed by atoms with Gasteiger partial charge in [-0.05, 0) is 42.5 Å². The Hall–Kier alpha value is -3.15. The first-order valence-electron chi connectivity index (χ1n) is 10.2. The largest absolute Gasteiger partial charge is 0.372 e. The van der Waals surface area contributed by atoms with Gasteiger partial charge >= 0.3 is 0 Å². The lowest BCUT2D eigenvalue weighted by Crippen LogP contribution is -2.29. The molecule has 1 aliphatic rings. The number of piperidine rings is 1. The summed E-state index contributed by atoms with van der Waals surface area (Å²) in [6.07, 6.45) is 5.58. The standard InChI is InChI=1S/C23H27N5O/c1-26(16-20-10-12-21(13-11-20)27-14-6-3-7-15-27)23(29)22-18-28(25-24-22)17-19-8-4-2-5-9-19/h2,4-5,8-13,18H,3,6-7,14-17H2,1H3. The van der Waals surface area contributed by atoms with Gasteiger partial charge in [0.05, 0.1) is 12.7 Å². The number of carbonyl (C=O) groups is 1. The minimum atomic E-state index is -0.121. The van der Waals surface area contributed by atoms with Crippen molar-refractivity contribution in [3.8, 4) is 0 Å². The predicted octanol–water partition coefficient (Wildman–Crippen LogP) is 3.59. The van der Waals surface area contributed by atoms with Gasteiger partial charge in [-0.3, -0.25) is 4.79 Å². The second-order valence-electron chi connectivity index (χ2n) is 7.66. The van der Waals surface area contributed by atoms with Crippen molar-refractivity contribution in [1.29, 1.82) is 0 Å². The Balaban J connectivity index is 1.35. The Kier molecular flexibility index (Phi) is 5.89. The highest BCUT2D eigenvalue weighted by molar-refractivity contribution is 5.91. The van der Waals surface area contributed by atoms with E-state index in [9.17, 15) is 4.79 Å². The van der Waals surface area contributed by atoms with Crippen molar-refractivity contribution in [2.45, 2.75) is 32.4 Å². The molecule has 1 aromatic heterocycles. The number of rotatable bonds is 6. The van der Waals surface area contributed by atoms with E-state index in [0.29, 0.717) is 18.8 Å². The Labute approximate surface area is 171 Å². The smallest absolute Gasteiger partial charge is 0.276 e. The third-order valence-corrected chi connectivity index (χ3v) is 5.37. The van der Waals surface area contributed by atoms with Gasteiger partial charge in [0.1, 0.15) is 0 Å². The first-order valence-corrected chi connectivity index (χ1v) is 10.2. The van der Waals surface area contributed by atoms with E-state index in [1.165, 1.54) is 24.9 Å². The topological polar surface area (TPSA) is 54.3 Å². The molecule has 0 spiro atoms. The molecule has 3 aromatic rings. The van der Waals surface area contributed by atoms with Gasteiger partial charge in [-0.15, -0.1) is 5.10 Å². The zero-order valence-electron chi connectivity index (χ0n) is 16.9. The average molecular weight is 390 g/mol. The maximum Gasteiger partial charge on any atom is 0.276 e. The molecule has 1 amide bonds. The molecule has 0 unspecified atom stereocenters. The number of anilines is 1. The molecule has 0 bridgehead atoms. The lowest BCUT2D eigenvalue weighted by atomic mass is 10.1. The number of hydrogen-bond donors (Lipinski definition) is 0. The molecular formula is C23H27N5O. The number of amides is 1. The van der Waals surface area contributed by atoms with E-state index in [-0.39, 0.29) is 5.91 Å². The highest BCUT2D eigenvalue weighted by Crippen LogP contribution is 2.20. The van der Waals surface area contributed by atoms with Crippen molar-refractivity contribution < 1.29 is 4.79 Å². The molecule has 1 aliphatic heterocycles. The van der Waals surface area contributed by atoms with Crippen LogP contribution in [-0.4, -0.2) is 45.9 Å². The molecule has 1 fully saturated rings. The zero-order valence-corrected chi connectivity index (χ0v) is 16.9. The van der Waals surface area contributed by atoms with Crippen molar-refractivity contribution in [2.24, 2.45) is 0 Å². The van der Waals surface area contributed by atoms with E-state index in [1.54, 1.807) is 22.8 Å². The molecule has 2 heterocycles. The van der Waals surface area contributed by atoms with Crippen LogP contribution in [0.1, 0.15) is 40.9 Å². The molecule has 150 valence electrons. The van der Waals surface area contributed by atoms with E-state index in [1.807, 2.05) is 30.3 Å². The molecule has 29 heavy (non-hydrogen) atoms. The quantitative estimate of drug-likeness (QED) is 0.647. The lowest BCUT2D eigenvalue weighted by Gasteiger charge is -2.29. The van der Waals surface area contributed by atoms with E-state index < -0.39 is 0 Å². The van der Waals surface area contributed by atoms with E-state index in [4.69, 9.17) is 0 Å². The Morgan fingerprint density at radius 2 is 1.69 bits per heavy atom. The lowest BCUT2D eigenvalue weighted by molar-refractivity contribution is 0.0779. The Morgan fingerprint density at radius 3 is 2.41 bits per heavy atom. The SMILES string of the molecule is CN(Cc1ccc(N2CCCCC2)cc1)C(=O)c1cn(Cc2ccccc2)nn1. The molecule has 0 saturated carbocycles. The van der Waals surface area contributed by atoms with Gasteiger partial charge in [0.2, 0.25) is 0 Å². The number of benzene rings is 2. The minimum Gasteiger partial charge on any atom is -0.372 e. The zero-order chi connectivity index (χ0) is 20.1. The predicted molar refractivity (Wildman–Crippen MR) is 114 cm³/mol. The molecule has 1 saturated heterocycles. The van der Waals surface area contributed by atoms with Gasteiger partial charge in [-0.1, -0.05) is 47.7 Å². The summed E-state index contributed by atoms with van der Waals surface area (Å²) in [5.74, 6) is -0.121. The van der Waals surface area contributed by atoms with Crippen molar-refractivity contribution in [3.63, 3.8) is 0 Å². The first kappa shape index (κ1) is 19.2. The number of nitrogens with zero attached hydrogens (tertiary/aromatic N) is 5. The van der Waals surface area contributed by atoms with Crippen LogP contribution in [0.15, 0.2) is 60.8 Å². The van der Waals surface area contributed by atoms with Crippen LogP contribution in [-0.2, 0) is 13.1 Å². The summed E-state index contributed by atoms with van der Waals surface area (Å²) in [7, 11) is 1.80. The summed E-state index contributed by atoms with van der Waals surface area (Å²) in [6.45, 7) is 3.42. The summed E-state index contributed by atoms with van der Waals surface area (Å²) in [6, 6.07) is 18.6. The molecule has 0 radical (unpaired) electrons. The fourth-order valence-electron chi connectivity index (χ4n) is 3.75. The minimum absolute atomic E-state index is 0.121. The van der Waals surface area contributed by atoms with Gasteiger partial charge in [0, 0.05) is 32.4 Å². The van der Waals surface area contributed by atoms with Gasteiger partial charge < -0.3 is 9.80 Å². The summed E-state index contributed by atoms with van der Waals surface area (Å²) in [4.78, 5) is 16.9. The average Bonchev–Trinajstić information content (AvgIpc) is 3.23. The van der Waals surface area contributed by atoms with Crippen LogP contribution < -0.4 is 4.90 Å². The maximum atomic E-state index is 12.7. The van der Waals surface area contributed by atoms with Crippen molar-refractivity contribution in [1.82, 2.24) is 19.9 Å². The second kappa shape index (κ2) is 8.90. The monoisotopic (exact) mass is 389 g/mol. The second-order valence-corrected chi connectivity index (χ2v) is 7.66. The highest BCUT2D eigenvalue weighted by atomic mass is 16.2. The number of carbonyl (C=O) groups excluding carboxylic acids is 1. The van der Waals surface area contributed by atoms with Crippen LogP contribution in [0.4, 0.5) is 5.69 Å². The first-order chi connectivity index (χ1) is 14.2. The van der Waals surface area contributed by atoms with Gasteiger partial charge in [-0.25, -0.2) is 4.68 Å². The third kappa shape index (κ3) is 4.83. The number of hydrogen-bond acceptors (Lipinski definition) is 4. The third-order valence-electron chi connectivity index (χ3n) is 5.37. The molecule has 0 aliphatic carbocycles. The van der Waals surface area contributed by atoms with Gasteiger partial charge in [0.15, 0.2) is 5.69 Å². The molecule has 6 nitrogen and oxygen atoms in total. The molecule has 0 atom stereocenters. The van der Waals surface area contributed by atoms with Crippen molar-refractivity contribution in [2.75, 3.05) is 25.0 Å². The van der Waals surface area contributed by atoms with Crippen LogP contribution in [0, 0.1) is 0 Å². The molecule has 4 rings (SSSR count). The van der Waals surface area contributed by atoms with Crippen LogP contribution in [0.25, 0.3) is 0 Å². The molecular weight excluding hydrogens is 362 g/mol. The van der Waals surface area contributed by atoms with E-state index >= 15 is 0 Å². The van der Waals surface area contributed by atoms with E-state index in [0.717, 1.165) is 24.2 Å². The Bertz CT molecular complexity index is 929. The van der Waals surface area contributed by atoms with Crippen molar-refractivity contribution in [3.05, 3.63) is 77.6 Å². The summed E-state index contributed by atoms with van der Waals surface area (Å²) in [5.41, 5.74) is 3.87. The fourth-order valence-corrected chi connectivity index (χ4v) is 3.75. The molecule has 6 heteroatoms. The van der Waals surface area contributed by atoms with Crippen LogP contribution >= 0.6 is 0 Å². The van der Waals surface area contributed by atoms with Crippen LogP contribution in [0.3, 0.4) is 0 Å². The maximum absolute atomic E-state index is 12.7. The Morgan fingerprint density at radius 1 is 0.966 bits per heavy atom. The van der Waals surface area contributed by atoms with Crippen LogP contribution in [0.5, 0.6) is 0 Å². The normalized spacial score (nSPS) is 14.0. The van der Waals surface area contributed by atoms with Gasteiger partial charge in [0.25, 0.3) is 5.91 Å². The van der Waals surface area contributed by atoms with E-state index in [2.05, 4.69) is 39.5 Å². The van der Waals surface area contributed by atoms with Crippen molar-refractivity contribution >= 4 is 11.6 Å². The summed E-state index contributed by atoms with van der Waals surface area (Å²) < 4.78 is 1.70. The molecule has 0 N–H and O–H groups in total. The number of aromatic nitrogens is 3. The fraction of sp³-hybridized carbons (Fsp3) is 0.348. The summed E-state index contributed by atoms with van der Waals surface area (Å²) in [5, 5.41) is 8.16. The van der Waals surface area contributed by atoms with Crippen LogP contribution in [0.2, 0.25) is 0 Å². The highest BCUT2D eigenvalue weighted by Gasteiger charge is 2.17. The molecule has 2 aromatic carbocycles. The summed E-state index contributed by atoms with van der Waals surface area (Å²) >= 11 is 0.